The number of aryl methyl sites for hydroxylation is 2. The second-order valence-electron chi connectivity index (χ2n) is 5.55. The Morgan fingerprint density at radius 1 is 1.06 bits per heavy atom. The van der Waals surface area contributed by atoms with Gasteiger partial charge in [0.15, 0.2) is 0 Å². The van der Waals surface area contributed by atoms with Gasteiger partial charge in [0.1, 0.15) is 0 Å². The number of hydrogen-bond acceptors (Lipinski definition) is 1. The van der Waals surface area contributed by atoms with Gasteiger partial charge in [-0.1, -0.05) is 31.2 Å². The van der Waals surface area contributed by atoms with Crippen molar-refractivity contribution in [3.8, 4) is 0 Å². The molecule has 0 radical (unpaired) electrons. The third-order valence-electron chi connectivity index (χ3n) is 4.58. The molecule has 1 aliphatic carbocycles. The first-order valence-corrected chi connectivity index (χ1v) is 7.55. The molecule has 2 unspecified atom stereocenters. The Hall–Kier alpha value is -1.08. The van der Waals surface area contributed by atoms with Crippen molar-refractivity contribution in [2.24, 2.45) is 0 Å². The first kappa shape index (κ1) is 12.0. The van der Waals surface area contributed by atoms with Gasteiger partial charge in [-0.2, -0.15) is 0 Å². The summed E-state index contributed by atoms with van der Waals surface area (Å²) < 4.78 is 0. The largest absolute Gasteiger partial charge is 0.145 e. The number of benzene rings is 1. The minimum atomic E-state index is 0.660. The van der Waals surface area contributed by atoms with Crippen LogP contribution in [0.3, 0.4) is 0 Å². The van der Waals surface area contributed by atoms with Gasteiger partial charge in [-0.3, -0.25) is 0 Å². The molecular formula is C17H20S. The van der Waals surface area contributed by atoms with Gasteiger partial charge < -0.3 is 0 Å². The van der Waals surface area contributed by atoms with E-state index in [0.717, 1.165) is 0 Å². The Bertz CT molecular complexity index is 592. The summed E-state index contributed by atoms with van der Waals surface area (Å²) in [5.41, 5.74) is 6.27. The summed E-state index contributed by atoms with van der Waals surface area (Å²) in [4.78, 5) is 3.01. The Morgan fingerprint density at radius 3 is 2.39 bits per heavy atom. The summed E-state index contributed by atoms with van der Waals surface area (Å²) in [5, 5.41) is 0. The quantitative estimate of drug-likeness (QED) is 0.664. The highest BCUT2D eigenvalue weighted by molar-refractivity contribution is 7.12. The van der Waals surface area contributed by atoms with Gasteiger partial charge in [0.05, 0.1) is 0 Å². The molecule has 2 atom stereocenters. The molecule has 0 N–H and O–H groups in total. The first-order valence-electron chi connectivity index (χ1n) is 6.74. The van der Waals surface area contributed by atoms with Crippen molar-refractivity contribution < 1.29 is 0 Å². The van der Waals surface area contributed by atoms with E-state index in [9.17, 15) is 0 Å². The Labute approximate surface area is 114 Å². The molecule has 0 bridgehead atoms. The number of fused-ring (bicyclic) bond motifs is 1. The topological polar surface area (TPSA) is 0 Å². The zero-order valence-corrected chi connectivity index (χ0v) is 12.4. The summed E-state index contributed by atoms with van der Waals surface area (Å²) in [6.45, 7) is 9.23. The lowest BCUT2D eigenvalue weighted by atomic mass is 9.86. The predicted molar refractivity (Wildman–Crippen MR) is 79.8 cm³/mol. The van der Waals surface area contributed by atoms with E-state index in [4.69, 9.17) is 0 Å². The van der Waals surface area contributed by atoms with Crippen molar-refractivity contribution in [1.82, 2.24) is 0 Å². The van der Waals surface area contributed by atoms with Crippen molar-refractivity contribution in [3.63, 3.8) is 0 Å². The van der Waals surface area contributed by atoms with Crippen LogP contribution in [0.25, 0.3) is 0 Å². The van der Waals surface area contributed by atoms with Crippen LogP contribution in [0.2, 0.25) is 0 Å². The van der Waals surface area contributed by atoms with E-state index in [-0.39, 0.29) is 0 Å². The van der Waals surface area contributed by atoms with Gasteiger partial charge in [0.25, 0.3) is 0 Å². The molecular weight excluding hydrogens is 236 g/mol. The van der Waals surface area contributed by atoms with E-state index in [1.807, 2.05) is 11.3 Å². The highest BCUT2D eigenvalue weighted by atomic mass is 32.1. The average Bonchev–Trinajstić information content (AvgIpc) is 2.79. The van der Waals surface area contributed by atoms with Gasteiger partial charge in [-0.15, -0.1) is 11.3 Å². The minimum absolute atomic E-state index is 0.660. The monoisotopic (exact) mass is 256 g/mol. The highest BCUT2D eigenvalue weighted by Gasteiger charge is 2.32. The molecule has 1 heterocycles. The maximum absolute atomic E-state index is 2.39. The first-order chi connectivity index (χ1) is 8.59. The minimum Gasteiger partial charge on any atom is -0.145 e. The molecule has 0 fully saturated rings. The van der Waals surface area contributed by atoms with Crippen LogP contribution in [-0.4, -0.2) is 0 Å². The normalized spacial score (nSPS) is 22.2. The van der Waals surface area contributed by atoms with Crippen molar-refractivity contribution in [1.29, 1.82) is 0 Å². The molecule has 2 aromatic rings. The molecule has 1 aromatic carbocycles. The smallest absolute Gasteiger partial charge is 0.00549 e. The van der Waals surface area contributed by atoms with Crippen LogP contribution >= 0.6 is 11.3 Å². The van der Waals surface area contributed by atoms with Crippen molar-refractivity contribution in [2.45, 2.75) is 46.0 Å². The zero-order chi connectivity index (χ0) is 12.9. The summed E-state index contributed by atoms with van der Waals surface area (Å²) in [6, 6.07) is 8.96. The van der Waals surface area contributed by atoms with Crippen LogP contribution in [0.4, 0.5) is 0 Å². The molecule has 1 heteroatoms. The molecule has 0 saturated carbocycles. The maximum atomic E-state index is 2.39. The zero-order valence-electron chi connectivity index (χ0n) is 11.6. The number of thiophene rings is 1. The summed E-state index contributed by atoms with van der Waals surface area (Å²) in [6.07, 6.45) is 1.22. The fraction of sp³-hybridized carbons (Fsp3) is 0.412. The van der Waals surface area contributed by atoms with Gasteiger partial charge in [0.2, 0.25) is 0 Å². The molecule has 0 amide bonds. The third kappa shape index (κ3) is 1.65. The van der Waals surface area contributed by atoms with Gasteiger partial charge in [0, 0.05) is 9.75 Å². The highest BCUT2D eigenvalue weighted by Crippen LogP contribution is 2.47. The number of rotatable bonds is 1. The van der Waals surface area contributed by atoms with E-state index in [1.54, 1.807) is 16.7 Å². The SMILES string of the molecule is Cc1sc(C)c(C2Cc3ccccc3C2C)c1C. The molecule has 18 heavy (non-hydrogen) atoms. The van der Waals surface area contributed by atoms with Crippen LogP contribution in [0, 0.1) is 20.8 Å². The summed E-state index contributed by atoms with van der Waals surface area (Å²) in [5.74, 6) is 1.35. The van der Waals surface area contributed by atoms with Crippen LogP contribution in [0.5, 0.6) is 0 Å². The third-order valence-corrected chi connectivity index (χ3v) is 5.72. The summed E-state index contributed by atoms with van der Waals surface area (Å²) >= 11 is 1.96. The lowest BCUT2D eigenvalue weighted by Gasteiger charge is -2.18. The Morgan fingerprint density at radius 2 is 1.78 bits per heavy atom. The Kier molecular flexibility index (Phi) is 2.82. The lowest BCUT2D eigenvalue weighted by molar-refractivity contribution is 0.622. The molecule has 3 rings (SSSR count). The van der Waals surface area contributed by atoms with Crippen LogP contribution in [0.1, 0.15) is 50.8 Å². The van der Waals surface area contributed by atoms with Crippen LogP contribution in [0.15, 0.2) is 24.3 Å². The molecule has 0 aliphatic heterocycles. The second kappa shape index (κ2) is 4.24. The van der Waals surface area contributed by atoms with Crippen molar-refractivity contribution in [2.75, 3.05) is 0 Å². The van der Waals surface area contributed by atoms with Gasteiger partial charge in [-0.25, -0.2) is 0 Å². The molecule has 0 spiro atoms. The van der Waals surface area contributed by atoms with E-state index in [2.05, 4.69) is 52.0 Å². The molecule has 0 saturated heterocycles. The fourth-order valence-corrected chi connectivity index (χ4v) is 4.64. The van der Waals surface area contributed by atoms with Crippen molar-refractivity contribution in [3.05, 3.63) is 56.3 Å². The van der Waals surface area contributed by atoms with Crippen LogP contribution < -0.4 is 0 Å². The molecule has 0 nitrogen and oxygen atoms in total. The lowest BCUT2D eigenvalue weighted by Crippen LogP contribution is -2.04. The van der Waals surface area contributed by atoms with E-state index < -0.39 is 0 Å². The second-order valence-corrected chi connectivity index (χ2v) is 6.98. The van der Waals surface area contributed by atoms with E-state index >= 15 is 0 Å². The predicted octanol–water partition coefficient (Wildman–Crippen LogP) is 5.12. The van der Waals surface area contributed by atoms with Gasteiger partial charge >= 0.3 is 0 Å². The standard InChI is InChI=1S/C17H20S/c1-10-12(3)18-13(4)17(10)16-9-14-7-5-6-8-15(14)11(16)2/h5-8,11,16H,9H2,1-4H3. The average molecular weight is 256 g/mol. The fourth-order valence-electron chi connectivity index (χ4n) is 3.50. The maximum Gasteiger partial charge on any atom is 0.00549 e. The van der Waals surface area contributed by atoms with Crippen molar-refractivity contribution >= 4 is 11.3 Å². The number of hydrogen-bond donors (Lipinski definition) is 0. The van der Waals surface area contributed by atoms with Gasteiger partial charge in [-0.05, 0) is 61.3 Å². The summed E-state index contributed by atoms with van der Waals surface area (Å²) in [7, 11) is 0. The van der Waals surface area contributed by atoms with E-state index in [0.29, 0.717) is 11.8 Å². The molecule has 94 valence electrons. The Balaban J connectivity index is 2.06. The molecule has 1 aromatic heterocycles. The van der Waals surface area contributed by atoms with Crippen LogP contribution in [-0.2, 0) is 6.42 Å². The van der Waals surface area contributed by atoms with E-state index in [1.165, 1.54) is 21.7 Å². The molecule has 1 aliphatic rings.